The van der Waals surface area contributed by atoms with Crippen LogP contribution < -0.4 is 0 Å². The predicted molar refractivity (Wildman–Crippen MR) is 64.6 cm³/mol. The van der Waals surface area contributed by atoms with Crippen molar-refractivity contribution in [2.75, 3.05) is 0 Å². The SMILES string of the molecule is O=C(O)c1cc2c(Cc3ncc[nH]3)cccc2o1. The summed E-state index contributed by atoms with van der Waals surface area (Å²) in [5.41, 5.74) is 1.56. The number of fused-ring (bicyclic) bond motifs is 1. The molecule has 0 bridgehead atoms. The molecule has 0 saturated heterocycles. The third kappa shape index (κ3) is 1.75. The second-order valence-electron chi connectivity index (χ2n) is 3.96. The summed E-state index contributed by atoms with van der Waals surface area (Å²) in [7, 11) is 0. The molecule has 90 valence electrons. The van der Waals surface area contributed by atoms with Gasteiger partial charge in [-0.05, 0) is 17.7 Å². The van der Waals surface area contributed by atoms with Gasteiger partial charge in [0, 0.05) is 24.2 Å². The number of carboxylic acid groups (broad SMARTS) is 1. The van der Waals surface area contributed by atoms with E-state index in [4.69, 9.17) is 9.52 Å². The van der Waals surface area contributed by atoms with E-state index in [1.165, 1.54) is 0 Å². The molecule has 2 aromatic heterocycles. The average Bonchev–Trinajstić information content (AvgIpc) is 2.97. The van der Waals surface area contributed by atoms with E-state index in [-0.39, 0.29) is 5.76 Å². The average molecular weight is 242 g/mol. The highest BCUT2D eigenvalue weighted by molar-refractivity contribution is 5.92. The molecule has 0 aliphatic rings. The van der Waals surface area contributed by atoms with Crippen molar-refractivity contribution >= 4 is 16.9 Å². The first-order chi connectivity index (χ1) is 8.74. The highest BCUT2D eigenvalue weighted by atomic mass is 16.4. The van der Waals surface area contributed by atoms with E-state index in [0.29, 0.717) is 12.0 Å². The zero-order valence-corrected chi connectivity index (χ0v) is 9.38. The summed E-state index contributed by atoms with van der Waals surface area (Å²) in [6.45, 7) is 0. The van der Waals surface area contributed by atoms with Crippen molar-refractivity contribution in [3.63, 3.8) is 0 Å². The lowest BCUT2D eigenvalue weighted by Crippen LogP contribution is -1.92. The molecule has 0 fully saturated rings. The molecule has 1 aromatic carbocycles. The van der Waals surface area contributed by atoms with Crippen LogP contribution in [0.5, 0.6) is 0 Å². The second kappa shape index (κ2) is 4.03. The molecule has 2 N–H and O–H groups in total. The fourth-order valence-corrected chi connectivity index (χ4v) is 1.96. The van der Waals surface area contributed by atoms with Gasteiger partial charge in [-0.2, -0.15) is 0 Å². The molecule has 18 heavy (non-hydrogen) atoms. The maximum atomic E-state index is 10.9. The number of H-pyrrole nitrogens is 1. The van der Waals surface area contributed by atoms with Crippen molar-refractivity contribution in [2.45, 2.75) is 6.42 Å². The van der Waals surface area contributed by atoms with Gasteiger partial charge < -0.3 is 14.5 Å². The number of carbonyl (C=O) groups is 1. The number of carboxylic acids is 1. The number of aromatic carboxylic acids is 1. The summed E-state index contributed by atoms with van der Waals surface area (Å²) in [6, 6.07) is 7.09. The van der Waals surface area contributed by atoms with Gasteiger partial charge in [-0.1, -0.05) is 12.1 Å². The molecule has 5 heteroatoms. The molecule has 0 aliphatic carbocycles. The zero-order chi connectivity index (χ0) is 12.5. The zero-order valence-electron chi connectivity index (χ0n) is 9.38. The standard InChI is InChI=1S/C13H10N2O3/c16-13(17)11-7-9-8(2-1-3-10(9)18-11)6-12-14-4-5-15-12/h1-5,7H,6H2,(H,14,15)(H,16,17). The minimum absolute atomic E-state index is 0.0445. The number of aromatic nitrogens is 2. The third-order valence-corrected chi connectivity index (χ3v) is 2.78. The Morgan fingerprint density at radius 3 is 3.06 bits per heavy atom. The van der Waals surface area contributed by atoms with Gasteiger partial charge in [0.1, 0.15) is 11.4 Å². The second-order valence-corrected chi connectivity index (χ2v) is 3.96. The molecule has 0 amide bonds. The van der Waals surface area contributed by atoms with E-state index in [1.807, 2.05) is 12.1 Å². The van der Waals surface area contributed by atoms with Crippen LogP contribution in [0.3, 0.4) is 0 Å². The first-order valence-electron chi connectivity index (χ1n) is 5.47. The van der Waals surface area contributed by atoms with E-state index < -0.39 is 5.97 Å². The first-order valence-corrected chi connectivity index (χ1v) is 5.47. The van der Waals surface area contributed by atoms with Gasteiger partial charge in [0.05, 0.1) is 0 Å². The Labute approximate surface area is 102 Å². The Morgan fingerprint density at radius 1 is 1.44 bits per heavy atom. The van der Waals surface area contributed by atoms with Gasteiger partial charge in [0.25, 0.3) is 0 Å². The summed E-state index contributed by atoms with van der Waals surface area (Å²) in [4.78, 5) is 18.1. The van der Waals surface area contributed by atoms with Gasteiger partial charge in [0.15, 0.2) is 0 Å². The Balaban J connectivity index is 2.08. The van der Waals surface area contributed by atoms with Crippen LogP contribution in [-0.2, 0) is 6.42 Å². The molecule has 0 unspecified atom stereocenters. The van der Waals surface area contributed by atoms with Crippen molar-refractivity contribution in [1.82, 2.24) is 9.97 Å². The first kappa shape index (κ1) is 10.6. The lowest BCUT2D eigenvalue weighted by molar-refractivity contribution is 0.0665. The molecule has 3 aromatic rings. The van der Waals surface area contributed by atoms with Gasteiger partial charge in [-0.25, -0.2) is 9.78 Å². The van der Waals surface area contributed by atoms with E-state index in [2.05, 4.69) is 9.97 Å². The minimum Gasteiger partial charge on any atom is -0.475 e. The maximum Gasteiger partial charge on any atom is 0.371 e. The number of imidazole rings is 1. The highest BCUT2D eigenvalue weighted by Gasteiger charge is 2.13. The number of rotatable bonds is 3. The number of nitrogens with one attached hydrogen (secondary N) is 1. The Bertz CT molecular complexity index is 698. The van der Waals surface area contributed by atoms with Crippen LogP contribution in [0.1, 0.15) is 21.9 Å². The fraction of sp³-hybridized carbons (Fsp3) is 0.0769. The molecule has 2 heterocycles. The van der Waals surface area contributed by atoms with Crippen molar-refractivity contribution < 1.29 is 14.3 Å². The number of hydrogen-bond donors (Lipinski definition) is 2. The number of hydrogen-bond acceptors (Lipinski definition) is 3. The minimum atomic E-state index is -1.06. The van der Waals surface area contributed by atoms with E-state index >= 15 is 0 Å². The van der Waals surface area contributed by atoms with Crippen molar-refractivity contribution in [1.29, 1.82) is 0 Å². The normalized spacial score (nSPS) is 10.9. The van der Waals surface area contributed by atoms with Crippen molar-refractivity contribution in [3.8, 4) is 0 Å². The molecule has 0 spiro atoms. The summed E-state index contributed by atoms with van der Waals surface area (Å²) in [5.74, 6) is -0.271. The molecule has 0 aliphatic heterocycles. The monoisotopic (exact) mass is 242 g/mol. The van der Waals surface area contributed by atoms with E-state index in [0.717, 1.165) is 16.8 Å². The summed E-state index contributed by atoms with van der Waals surface area (Å²) in [6.07, 6.45) is 4.06. The van der Waals surface area contributed by atoms with Crippen LogP contribution in [0.4, 0.5) is 0 Å². The number of benzene rings is 1. The molecule has 0 atom stereocenters. The molecule has 0 saturated carbocycles. The summed E-state index contributed by atoms with van der Waals surface area (Å²) < 4.78 is 5.26. The summed E-state index contributed by atoms with van der Waals surface area (Å²) in [5, 5.41) is 9.73. The quantitative estimate of drug-likeness (QED) is 0.739. The predicted octanol–water partition coefficient (Wildman–Crippen LogP) is 2.44. The lowest BCUT2D eigenvalue weighted by Gasteiger charge is -1.99. The molecule has 0 radical (unpaired) electrons. The van der Waals surface area contributed by atoms with E-state index in [1.54, 1.807) is 24.5 Å². The number of aromatic amines is 1. The van der Waals surface area contributed by atoms with Crippen LogP contribution in [0.15, 0.2) is 41.1 Å². The lowest BCUT2D eigenvalue weighted by atomic mass is 10.1. The molecule has 3 rings (SSSR count). The Hall–Kier alpha value is -2.56. The van der Waals surface area contributed by atoms with Crippen molar-refractivity contribution in [3.05, 3.63) is 53.8 Å². The van der Waals surface area contributed by atoms with Gasteiger partial charge in [-0.3, -0.25) is 0 Å². The van der Waals surface area contributed by atoms with Crippen LogP contribution >= 0.6 is 0 Å². The van der Waals surface area contributed by atoms with E-state index in [9.17, 15) is 4.79 Å². The third-order valence-electron chi connectivity index (χ3n) is 2.78. The molecular formula is C13H10N2O3. The Kier molecular flexibility index (Phi) is 2.37. The number of furan rings is 1. The highest BCUT2D eigenvalue weighted by Crippen LogP contribution is 2.24. The topological polar surface area (TPSA) is 79.1 Å². The van der Waals surface area contributed by atoms with Gasteiger partial charge in [0.2, 0.25) is 5.76 Å². The van der Waals surface area contributed by atoms with Crippen LogP contribution in [-0.4, -0.2) is 21.0 Å². The summed E-state index contributed by atoms with van der Waals surface area (Å²) >= 11 is 0. The molecular weight excluding hydrogens is 232 g/mol. The van der Waals surface area contributed by atoms with Crippen molar-refractivity contribution in [2.24, 2.45) is 0 Å². The fourth-order valence-electron chi connectivity index (χ4n) is 1.96. The van der Waals surface area contributed by atoms with Crippen LogP contribution in [0.25, 0.3) is 11.0 Å². The van der Waals surface area contributed by atoms with Crippen LogP contribution in [0, 0.1) is 0 Å². The smallest absolute Gasteiger partial charge is 0.371 e. The molecule has 5 nitrogen and oxygen atoms in total. The number of nitrogens with zero attached hydrogens (tertiary/aromatic N) is 1. The maximum absolute atomic E-state index is 10.9. The van der Waals surface area contributed by atoms with Crippen LogP contribution in [0.2, 0.25) is 0 Å². The Morgan fingerprint density at radius 2 is 2.33 bits per heavy atom. The van der Waals surface area contributed by atoms with Gasteiger partial charge in [-0.15, -0.1) is 0 Å². The largest absolute Gasteiger partial charge is 0.475 e. The van der Waals surface area contributed by atoms with Gasteiger partial charge >= 0.3 is 5.97 Å².